The maximum absolute atomic E-state index is 12.8. The van der Waals surface area contributed by atoms with Crippen molar-refractivity contribution in [1.82, 2.24) is 5.32 Å². The van der Waals surface area contributed by atoms with E-state index in [9.17, 15) is 9.59 Å². The molecule has 27 heavy (non-hydrogen) atoms. The van der Waals surface area contributed by atoms with E-state index in [2.05, 4.69) is 5.32 Å². The molecule has 4 aliphatic rings. The number of hydrogen-bond donors (Lipinski definition) is 1. The van der Waals surface area contributed by atoms with E-state index in [0.717, 1.165) is 42.7 Å². The quantitative estimate of drug-likeness (QED) is 0.807. The number of rotatable bonds is 5. The Kier molecular flexibility index (Phi) is 4.65. The number of esters is 1. The first-order chi connectivity index (χ1) is 12.8. The molecular weight excluding hydrogens is 340 g/mol. The number of nitrogens with zero attached hydrogens (tertiary/aromatic N) is 1. The normalized spacial score (nSPS) is 32.0. The summed E-state index contributed by atoms with van der Waals surface area (Å²) in [5.41, 5.74) is 1.34. The molecule has 4 fully saturated rings. The maximum Gasteiger partial charge on any atom is 0.338 e. The second-order valence-electron chi connectivity index (χ2n) is 9.18. The number of hydrogen-bond acceptors (Lipinski definition) is 4. The van der Waals surface area contributed by atoms with Crippen molar-refractivity contribution in [3.8, 4) is 0 Å². The van der Waals surface area contributed by atoms with Gasteiger partial charge in [0.15, 0.2) is 6.10 Å². The third-order valence-electron chi connectivity index (χ3n) is 6.68. The number of carbonyl (C=O) groups is 2. The summed E-state index contributed by atoms with van der Waals surface area (Å²) in [6.07, 6.45) is 6.50. The first-order valence-corrected chi connectivity index (χ1v) is 10.1. The first-order valence-electron chi connectivity index (χ1n) is 10.1. The smallest absolute Gasteiger partial charge is 0.338 e. The second-order valence-corrected chi connectivity index (χ2v) is 9.18. The topological polar surface area (TPSA) is 58.6 Å². The molecule has 5 rings (SSSR count). The summed E-state index contributed by atoms with van der Waals surface area (Å²) in [4.78, 5) is 27.2. The number of anilines is 1. The highest BCUT2D eigenvalue weighted by Crippen LogP contribution is 2.55. The Hall–Kier alpha value is -2.04. The fourth-order valence-corrected chi connectivity index (χ4v) is 5.82. The first kappa shape index (κ1) is 18.3. The molecule has 1 atom stereocenters. The lowest BCUT2D eigenvalue weighted by Gasteiger charge is -2.57. The molecular formula is C22H30N2O3. The zero-order valence-electron chi connectivity index (χ0n) is 16.5. The molecule has 5 heteroatoms. The summed E-state index contributed by atoms with van der Waals surface area (Å²) in [5, 5.41) is 3.29. The number of amides is 1. The maximum atomic E-state index is 12.8. The van der Waals surface area contributed by atoms with Crippen molar-refractivity contribution in [3.63, 3.8) is 0 Å². The number of carbonyl (C=O) groups excluding carboxylic acids is 2. The molecule has 0 unspecified atom stereocenters. The van der Waals surface area contributed by atoms with Crippen LogP contribution in [0.2, 0.25) is 0 Å². The Labute approximate surface area is 161 Å². The summed E-state index contributed by atoms with van der Waals surface area (Å²) < 4.78 is 5.48. The van der Waals surface area contributed by atoms with Crippen LogP contribution in [0.25, 0.3) is 0 Å². The van der Waals surface area contributed by atoms with Gasteiger partial charge in [-0.25, -0.2) is 4.79 Å². The molecule has 1 N–H and O–H groups in total. The Morgan fingerprint density at radius 1 is 1.11 bits per heavy atom. The highest BCUT2D eigenvalue weighted by atomic mass is 16.5. The second kappa shape index (κ2) is 6.84. The van der Waals surface area contributed by atoms with Crippen molar-refractivity contribution < 1.29 is 14.3 Å². The van der Waals surface area contributed by atoms with E-state index in [-0.39, 0.29) is 11.4 Å². The molecule has 4 saturated carbocycles. The van der Waals surface area contributed by atoms with E-state index < -0.39 is 12.1 Å². The van der Waals surface area contributed by atoms with Gasteiger partial charge >= 0.3 is 5.97 Å². The van der Waals surface area contributed by atoms with Crippen LogP contribution in [0.3, 0.4) is 0 Å². The molecule has 0 radical (unpaired) electrons. The fourth-order valence-electron chi connectivity index (χ4n) is 5.82. The van der Waals surface area contributed by atoms with E-state index in [0.29, 0.717) is 5.56 Å². The number of nitrogens with one attached hydrogen (secondary N) is 1. The van der Waals surface area contributed by atoms with Gasteiger partial charge in [-0.2, -0.15) is 0 Å². The van der Waals surface area contributed by atoms with Crippen LogP contribution in [0.4, 0.5) is 5.69 Å². The zero-order valence-corrected chi connectivity index (χ0v) is 16.5. The molecule has 1 aromatic rings. The Balaban J connectivity index is 1.38. The van der Waals surface area contributed by atoms with Gasteiger partial charge in [0.25, 0.3) is 5.91 Å². The van der Waals surface area contributed by atoms with Gasteiger partial charge in [0, 0.05) is 25.3 Å². The molecule has 0 aromatic heterocycles. The molecule has 5 nitrogen and oxygen atoms in total. The van der Waals surface area contributed by atoms with Crippen LogP contribution >= 0.6 is 0 Å². The summed E-state index contributed by atoms with van der Waals surface area (Å²) >= 11 is 0. The predicted octanol–water partition coefficient (Wildman–Crippen LogP) is 3.38. The van der Waals surface area contributed by atoms with Gasteiger partial charge in [-0.3, -0.25) is 4.79 Å². The monoisotopic (exact) mass is 370 g/mol. The summed E-state index contributed by atoms with van der Waals surface area (Å²) in [7, 11) is 3.85. The Bertz CT molecular complexity index is 708. The van der Waals surface area contributed by atoms with Crippen LogP contribution in [0.5, 0.6) is 0 Å². The molecule has 146 valence electrons. The standard InChI is InChI=1S/C22H30N2O3/c1-14(27-21(26)18-5-4-6-19(10-18)24(2)3)20(25)23-22-11-15-7-16(12-22)9-17(8-15)13-22/h4-6,10,14-17H,7-9,11-13H2,1-3H3,(H,23,25)/t14-,15?,16?,17?,22?/m1/s1. The molecule has 0 heterocycles. The average molecular weight is 370 g/mol. The van der Waals surface area contributed by atoms with Gasteiger partial charge in [-0.15, -0.1) is 0 Å². The summed E-state index contributed by atoms with van der Waals surface area (Å²) in [6.45, 7) is 1.67. The fraction of sp³-hybridized carbons (Fsp3) is 0.636. The SMILES string of the molecule is C[C@@H](OC(=O)c1cccc(N(C)C)c1)C(=O)NC12CC3CC(CC(C3)C1)C2. The minimum atomic E-state index is -0.784. The van der Waals surface area contributed by atoms with Crippen molar-refractivity contribution in [2.75, 3.05) is 19.0 Å². The van der Waals surface area contributed by atoms with Gasteiger partial charge in [0.2, 0.25) is 0 Å². The van der Waals surface area contributed by atoms with Crippen molar-refractivity contribution in [1.29, 1.82) is 0 Å². The average Bonchev–Trinajstić information content (AvgIpc) is 2.60. The minimum Gasteiger partial charge on any atom is -0.449 e. The Morgan fingerprint density at radius 2 is 1.70 bits per heavy atom. The molecule has 0 saturated heterocycles. The molecule has 1 amide bonds. The molecule has 0 aliphatic heterocycles. The van der Waals surface area contributed by atoms with Gasteiger partial charge < -0.3 is 15.0 Å². The van der Waals surface area contributed by atoms with Crippen molar-refractivity contribution >= 4 is 17.6 Å². The van der Waals surface area contributed by atoms with Crippen molar-refractivity contribution in [3.05, 3.63) is 29.8 Å². The van der Waals surface area contributed by atoms with Crippen LogP contribution in [0.15, 0.2) is 24.3 Å². The Morgan fingerprint density at radius 3 is 2.26 bits per heavy atom. The third kappa shape index (κ3) is 3.69. The van der Waals surface area contributed by atoms with E-state index in [4.69, 9.17) is 4.74 Å². The van der Waals surface area contributed by atoms with Crippen LogP contribution in [0, 0.1) is 17.8 Å². The van der Waals surface area contributed by atoms with E-state index in [1.165, 1.54) is 19.3 Å². The minimum absolute atomic E-state index is 0.0582. The number of benzene rings is 1. The van der Waals surface area contributed by atoms with E-state index in [1.807, 2.05) is 31.1 Å². The van der Waals surface area contributed by atoms with Crippen molar-refractivity contribution in [2.24, 2.45) is 17.8 Å². The molecule has 4 bridgehead atoms. The lowest BCUT2D eigenvalue weighted by atomic mass is 9.53. The largest absolute Gasteiger partial charge is 0.449 e. The van der Waals surface area contributed by atoms with Crippen LogP contribution in [-0.4, -0.2) is 37.6 Å². The van der Waals surface area contributed by atoms with Crippen LogP contribution in [-0.2, 0) is 9.53 Å². The van der Waals surface area contributed by atoms with Gasteiger partial charge in [-0.1, -0.05) is 6.07 Å². The van der Waals surface area contributed by atoms with Crippen LogP contribution < -0.4 is 10.2 Å². The van der Waals surface area contributed by atoms with Gasteiger partial charge in [-0.05, 0) is 81.4 Å². The molecule has 0 spiro atoms. The zero-order chi connectivity index (χ0) is 19.2. The van der Waals surface area contributed by atoms with Crippen LogP contribution in [0.1, 0.15) is 55.8 Å². The lowest BCUT2D eigenvalue weighted by molar-refractivity contribution is -0.134. The van der Waals surface area contributed by atoms with Gasteiger partial charge in [0.05, 0.1) is 5.56 Å². The third-order valence-corrected chi connectivity index (χ3v) is 6.68. The molecule has 4 aliphatic carbocycles. The summed E-state index contributed by atoms with van der Waals surface area (Å²) in [5.74, 6) is 1.69. The number of ether oxygens (including phenoxy) is 1. The molecule has 1 aromatic carbocycles. The predicted molar refractivity (Wildman–Crippen MR) is 105 cm³/mol. The van der Waals surface area contributed by atoms with E-state index >= 15 is 0 Å². The van der Waals surface area contributed by atoms with E-state index in [1.54, 1.807) is 19.1 Å². The highest BCUT2D eigenvalue weighted by molar-refractivity contribution is 5.93. The van der Waals surface area contributed by atoms with Crippen molar-refractivity contribution in [2.45, 2.75) is 57.1 Å². The van der Waals surface area contributed by atoms with Gasteiger partial charge in [0.1, 0.15) is 0 Å². The summed E-state index contributed by atoms with van der Waals surface area (Å²) in [6, 6.07) is 7.26. The highest BCUT2D eigenvalue weighted by Gasteiger charge is 2.51. The lowest BCUT2D eigenvalue weighted by Crippen LogP contribution is -2.61.